The van der Waals surface area contributed by atoms with E-state index in [4.69, 9.17) is 4.98 Å². The first-order valence-electron chi connectivity index (χ1n) is 14.3. The molecule has 1 N–H and O–H groups in total. The van der Waals surface area contributed by atoms with Crippen LogP contribution in [0.5, 0.6) is 0 Å². The van der Waals surface area contributed by atoms with Gasteiger partial charge in [0.05, 0.1) is 17.0 Å². The fourth-order valence-electron chi connectivity index (χ4n) is 6.39. The Morgan fingerprint density at radius 1 is 0.875 bits per heavy atom. The van der Waals surface area contributed by atoms with Crippen LogP contribution in [0.4, 0.5) is 0 Å². The van der Waals surface area contributed by atoms with Crippen LogP contribution >= 0.6 is 11.8 Å². The molecular formula is C34H35N3O2S. The van der Waals surface area contributed by atoms with Crippen molar-refractivity contribution >= 4 is 17.7 Å². The Labute approximate surface area is 240 Å². The molecule has 40 heavy (non-hydrogen) atoms. The number of carbonyl (C=O) groups is 1. The van der Waals surface area contributed by atoms with E-state index in [9.17, 15) is 9.59 Å². The number of amides is 1. The van der Waals surface area contributed by atoms with E-state index in [0.717, 1.165) is 60.9 Å². The molecule has 5 nitrogen and oxygen atoms in total. The van der Waals surface area contributed by atoms with Crippen molar-refractivity contribution < 1.29 is 4.79 Å². The van der Waals surface area contributed by atoms with Crippen molar-refractivity contribution in [3.05, 3.63) is 118 Å². The molecule has 0 bridgehead atoms. The number of aryl methyl sites for hydroxylation is 1. The lowest BCUT2D eigenvalue weighted by Gasteiger charge is -2.42. The molecule has 204 valence electrons. The molecule has 1 fully saturated rings. The zero-order valence-corrected chi connectivity index (χ0v) is 23.6. The number of benzene rings is 3. The van der Waals surface area contributed by atoms with E-state index in [1.807, 2.05) is 59.2 Å². The largest absolute Gasteiger partial charge is 0.351 e. The maximum Gasteiger partial charge on any atom is 0.258 e. The minimum absolute atomic E-state index is 0.0698. The topological polar surface area (TPSA) is 64.0 Å². The van der Waals surface area contributed by atoms with Crippen molar-refractivity contribution in [2.45, 2.75) is 68.6 Å². The van der Waals surface area contributed by atoms with Crippen LogP contribution in [0, 0.1) is 0 Å². The summed E-state index contributed by atoms with van der Waals surface area (Å²) in [5.74, 6) is 0.135. The number of aromatic nitrogens is 2. The highest BCUT2D eigenvalue weighted by atomic mass is 32.2. The number of hydrogen-bond acceptors (Lipinski definition) is 4. The van der Waals surface area contributed by atoms with E-state index in [-0.39, 0.29) is 22.6 Å². The van der Waals surface area contributed by atoms with Gasteiger partial charge in [-0.3, -0.25) is 14.2 Å². The molecule has 4 aromatic rings. The Morgan fingerprint density at radius 3 is 2.30 bits per heavy atom. The molecule has 2 aliphatic rings. The van der Waals surface area contributed by atoms with E-state index >= 15 is 0 Å². The summed E-state index contributed by atoms with van der Waals surface area (Å²) in [6, 6.07) is 28.6. The Kier molecular flexibility index (Phi) is 7.87. The Hall–Kier alpha value is -3.64. The Balaban J connectivity index is 1.36. The predicted molar refractivity (Wildman–Crippen MR) is 162 cm³/mol. The fraction of sp³-hybridized carbons (Fsp3) is 0.324. The number of hydrogen-bond donors (Lipinski definition) is 1. The van der Waals surface area contributed by atoms with Crippen LogP contribution in [0.15, 0.2) is 94.9 Å². The lowest BCUT2D eigenvalue weighted by atomic mass is 9.62. The van der Waals surface area contributed by atoms with Gasteiger partial charge in [0, 0.05) is 24.1 Å². The lowest BCUT2D eigenvalue weighted by molar-refractivity contribution is -0.118. The number of rotatable bonds is 8. The molecule has 0 radical (unpaired) electrons. The molecule has 0 aliphatic heterocycles. The second-order valence-corrected chi connectivity index (χ2v) is 12.0. The average Bonchev–Trinajstić information content (AvgIpc) is 3.00. The number of nitrogens with zero attached hydrogens (tertiary/aromatic N) is 2. The second kappa shape index (κ2) is 11.8. The van der Waals surface area contributed by atoms with E-state index < -0.39 is 0 Å². The van der Waals surface area contributed by atoms with Crippen molar-refractivity contribution in [3.8, 4) is 11.3 Å². The normalized spacial score (nSPS) is 15.3. The van der Waals surface area contributed by atoms with Crippen LogP contribution in [0.2, 0.25) is 0 Å². The summed E-state index contributed by atoms with van der Waals surface area (Å²) in [5, 5.41) is 3.63. The minimum atomic E-state index is -0.156. The third-order valence-electron chi connectivity index (χ3n) is 8.41. The molecule has 3 aromatic carbocycles. The first-order chi connectivity index (χ1) is 19.6. The highest BCUT2D eigenvalue weighted by Gasteiger charge is 2.43. The van der Waals surface area contributed by atoms with Gasteiger partial charge in [0.1, 0.15) is 0 Å². The van der Waals surface area contributed by atoms with E-state index in [1.54, 1.807) is 0 Å². The molecule has 1 amide bonds. The highest BCUT2D eigenvalue weighted by Crippen LogP contribution is 2.48. The maximum atomic E-state index is 14.5. The van der Waals surface area contributed by atoms with Crippen molar-refractivity contribution in [2.24, 2.45) is 0 Å². The highest BCUT2D eigenvalue weighted by molar-refractivity contribution is 7.99. The molecule has 6 rings (SSSR count). The van der Waals surface area contributed by atoms with Gasteiger partial charge >= 0.3 is 0 Å². The number of nitrogens with one attached hydrogen (secondary N) is 1. The standard InChI is InChI=1S/C34H35N3O2S/c38-29(35-23-26-14-6-2-7-15-26)24-40-33-36-31-28-17-9-8-16-27(28)22-34(19-10-3-11-20-34)30(31)32(39)37(33)21-18-25-12-4-1-5-13-25/h1-2,4-9,12-17H,3,10-11,18-24H2,(H,35,38). The van der Waals surface area contributed by atoms with Crippen LogP contribution in [0.25, 0.3) is 11.3 Å². The first kappa shape index (κ1) is 26.6. The summed E-state index contributed by atoms with van der Waals surface area (Å²) >= 11 is 1.36. The van der Waals surface area contributed by atoms with Gasteiger partial charge in [-0.1, -0.05) is 116 Å². The monoisotopic (exact) mass is 549 g/mol. The van der Waals surface area contributed by atoms with Crippen LogP contribution in [0.3, 0.4) is 0 Å². The SMILES string of the molecule is O=C(CSc1nc2c(c(=O)n1CCc1ccccc1)C1(CCCCC1)Cc1ccccc1-2)NCc1ccccc1. The molecule has 1 spiro atoms. The summed E-state index contributed by atoms with van der Waals surface area (Å²) in [5.41, 5.74) is 6.23. The zero-order valence-electron chi connectivity index (χ0n) is 22.8. The number of fused-ring (bicyclic) bond motifs is 4. The van der Waals surface area contributed by atoms with Gasteiger partial charge in [0.25, 0.3) is 5.56 Å². The quantitative estimate of drug-likeness (QED) is 0.206. The van der Waals surface area contributed by atoms with Crippen LogP contribution in [-0.2, 0) is 36.1 Å². The first-order valence-corrected chi connectivity index (χ1v) is 15.3. The van der Waals surface area contributed by atoms with Gasteiger partial charge in [-0.25, -0.2) is 4.98 Å². The molecule has 0 atom stereocenters. The van der Waals surface area contributed by atoms with Gasteiger partial charge in [-0.15, -0.1) is 0 Å². The summed E-state index contributed by atoms with van der Waals surface area (Å²) in [6.07, 6.45) is 7.20. The van der Waals surface area contributed by atoms with E-state index in [1.165, 1.54) is 29.3 Å². The van der Waals surface area contributed by atoms with Gasteiger partial charge in [-0.2, -0.15) is 0 Å². The van der Waals surface area contributed by atoms with Gasteiger partial charge < -0.3 is 5.32 Å². The molecule has 2 aliphatic carbocycles. The fourth-order valence-corrected chi connectivity index (χ4v) is 7.24. The van der Waals surface area contributed by atoms with Crippen LogP contribution in [-0.4, -0.2) is 21.2 Å². The molecule has 1 heterocycles. The number of thioether (sulfide) groups is 1. The van der Waals surface area contributed by atoms with E-state index in [0.29, 0.717) is 18.2 Å². The summed E-state index contributed by atoms with van der Waals surface area (Å²) in [6.45, 7) is 1.02. The van der Waals surface area contributed by atoms with Crippen LogP contribution in [0.1, 0.15) is 54.4 Å². The summed E-state index contributed by atoms with van der Waals surface area (Å²) in [4.78, 5) is 32.6. The smallest absolute Gasteiger partial charge is 0.258 e. The van der Waals surface area contributed by atoms with E-state index in [2.05, 4.69) is 35.6 Å². The number of carbonyl (C=O) groups excluding carboxylic acids is 1. The van der Waals surface area contributed by atoms with Crippen molar-refractivity contribution in [3.63, 3.8) is 0 Å². The molecule has 6 heteroatoms. The minimum Gasteiger partial charge on any atom is -0.351 e. The lowest BCUT2D eigenvalue weighted by Crippen LogP contribution is -2.43. The molecule has 0 saturated heterocycles. The van der Waals surface area contributed by atoms with Crippen LogP contribution < -0.4 is 10.9 Å². The molecule has 1 saturated carbocycles. The third-order valence-corrected chi connectivity index (χ3v) is 9.38. The van der Waals surface area contributed by atoms with Crippen molar-refractivity contribution in [1.29, 1.82) is 0 Å². The summed E-state index contributed by atoms with van der Waals surface area (Å²) in [7, 11) is 0. The third kappa shape index (κ3) is 5.50. The summed E-state index contributed by atoms with van der Waals surface area (Å²) < 4.78 is 1.85. The van der Waals surface area contributed by atoms with Gasteiger partial charge in [0.15, 0.2) is 5.16 Å². The van der Waals surface area contributed by atoms with Crippen molar-refractivity contribution in [1.82, 2.24) is 14.9 Å². The Bertz CT molecular complexity index is 1540. The van der Waals surface area contributed by atoms with Gasteiger partial charge in [-0.05, 0) is 42.4 Å². The molecule has 0 unspecified atom stereocenters. The van der Waals surface area contributed by atoms with Gasteiger partial charge in [0.2, 0.25) is 5.91 Å². The average molecular weight is 550 g/mol. The predicted octanol–water partition coefficient (Wildman–Crippen LogP) is 6.32. The Morgan fingerprint density at radius 2 is 1.55 bits per heavy atom. The van der Waals surface area contributed by atoms with Crippen molar-refractivity contribution in [2.75, 3.05) is 5.75 Å². The maximum absolute atomic E-state index is 14.5. The molecular weight excluding hydrogens is 514 g/mol. The molecule has 1 aromatic heterocycles. The second-order valence-electron chi connectivity index (χ2n) is 11.0. The zero-order chi connectivity index (χ0) is 27.4.